The van der Waals surface area contributed by atoms with Crippen LogP contribution in [0.4, 0.5) is 18.9 Å². The van der Waals surface area contributed by atoms with Crippen LogP contribution in [0.2, 0.25) is 0 Å². The summed E-state index contributed by atoms with van der Waals surface area (Å²) in [6.45, 7) is -1.49. The van der Waals surface area contributed by atoms with Gasteiger partial charge in [0.2, 0.25) is 5.75 Å². The highest BCUT2D eigenvalue weighted by Crippen LogP contribution is 2.40. The number of carbonyl (C=O) groups excluding carboxylic acids is 1. The summed E-state index contributed by atoms with van der Waals surface area (Å²) < 4.78 is 79.6. The van der Waals surface area contributed by atoms with Crippen molar-refractivity contribution in [2.24, 2.45) is 0 Å². The Morgan fingerprint density at radius 1 is 0.967 bits per heavy atom. The Hall–Kier alpha value is -3.15. The highest BCUT2D eigenvalue weighted by atomic mass is 32.2. The number of halogens is 3. The number of methoxy groups -OCH3 is 3. The summed E-state index contributed by atoms with van der Waals surface area (Å²) in [5.41, 5.74) is 0.00230. The summed E-state index contributed by atoms with van der Waals surface area (Å²) in [6.07, 6.45) is -4.55. The lowest BCUT2D eigenvalue weighted by Crippen LogP contribution is -2.33. The lowest BCUT2D eigenvalue weighted by atomic mass is 10.2. The third-order valence-corrected chi connectivity index (χ3v) is 5.19. The van der Waals surface area contributed by atoms with Crippen molar-refractivity contribution in [3.63, 3.8) is 0 Å². The SMILES string of the molecule is COc1cc(NS(=O)(=O)c2ccc(C(=O)NCC(F)(F)F)cc2)cc(OC)c1OC. The van der Waals surface area contributed by atoms with Crippen molar-refractivity contribution in [2.75, 3.05) is 32.6 Å². The molecule has 0 radical (unpaired) electrons. The lowest BCUT2D eigenvalue weighted by molar-refractivity contribution is -0.123. The van der Waals surface area contributed by atoms with E-state index in [1.54, 1.807) is 5.32 Å². The molecule has 2 rings (SSSR count). The van der Waals surface area contributed by atoms with Gasteiger partial charge in [0.05, 0.1) is 31.9 Å². The molecule has 0 aliphatic rings. The first kappa shape index (κ1) is 23.1. The molecule has 1 amide bonds. The molecule has 0 unspecified atom stereocenters. The van der Waals surface area contributed by atoms with Crippen molar-refractivity contribution in [2.45, 2.75) is 11.1 Å². The normalized spacial score (nSPS) is 11.5. The number of rotatable bonds is 8. The molecule has 2 N–H and O–H groups in total. The van der Waals surface area contributed by atoms with Crippen molar-refractivity contribution in [3.05, 3.63) is 42.0 Å². The Morgan fingerprint density at radius 2 is 1.50 bits per heavy atom. The van der Waals surface area contributed by atoms with E-state index in [1.165, 1.54) is 33.5 Å². The van der Waals surface area contributed by atoms with Crippen molar-refractivity contribution >= 4 is 21.6 Å². The maximum absolute atomic E-state index is 12.6. The summed E-state index contributed by atoms with van der Waals surface area (Å²) >= 11 is 0. The monoisotopic (exact) mass is 448 g/mol. The quantitative estimate of drug-likeness (QED) is 0.644. The van der Waals surface area contributed by atoms with Crippen LogP contribution in [0.25, 0.3) is 0 Å². The Morgan fingerprint density at radius 3 is 1.93 bits per heavy atom. The zero-order chi connectivity index (χ0) is 22.5. The molecule has 8 nitrogen and oxygen atoms in total. The van der Waals surface area contributed by atoms with Crippen molar-refractivity contribution < 1.29 is 40.6 Å². The molecular formula is C18H19F3N2O6S. The average Bonchev–Trinajstić information content (AvgIpc) is 2.70. The van der Waals surface area contributed by atoms with E-state index < -0.39 is 28.7 Å². The maximum atomic E-state index is 12.6. The Balaban J connectivity index is 2.23. The predicted molar refractivity (Wildman–Crippen MR) is 102 cm³/mol. The molecular weight excluding hydrogens is 429 g/mol. The van der Waals surface area contributed by atoms with E-state index in [4.69, 9.17) is 14.2 Å². The fourth-order valence-corrected chi connectivity index (χ4v) is 3.46. The molecule has 0 saturated heterocycles. The number of amides is 1. The van der Waals surface area contributed by atoms with Gasteiger partial charge in [0.1, 0.15) is 6.54 Å². The first-order valence-electron chi connectivity index (χ1n) is 8.28. The van der Waals surface area contributed by atoms with Crippen molar-refractivity contribution in [1.29, 1.82) is 0 Å². The van der Waals surface area contributed by atoms with Crippen LogP contribution < -0.4 is 24.2 Å². The molecule has 2 aromatic rings. The number of sulfonamides is 1. The summed E-state index contributed by atoms with van der Waals surface area (Å²) in [7, 11) is 0.0712. The Labute approximate surface area is 171 Å². The highest BCUT2D eigenvalue weighted by Gasteiger charge is 2.28. The maximum Gasteiger partial charge on any atom is 0.405 e. The summed E-state index contributed by atoms with van der Waals surface area (Å²) in [6, 6.07) is 7.19. The molecule has 0 aromatic heterocycles. The van der Waals surface area contributed by atoms with Gasteiger partial charge in [-0.25, -0.2) is 8.42 Å². The van der Waals surface area contributed by atoms with Crippen LogP contribution >= 0.6 is 0 Å². The van der Waals surface area contributed by atoms with E-state index in [0.29, 0.717) is 0 Å². The second-order valence-electron chi connectivity index (χ2n) is 5.84. The van der Waals surface area contributed by atoms with E-state index in [1.807, 2.05) is 0 Å². The number of benzene rings is 2. The second kappa shape index (κ2) is 9.11. The number of alkyl halides is 3. The van der Waals surface area contributed by atoms with Gasteiger partial charge in [-0.2, -0.15) is 13.2 Å². The topological polar surface area (TPSA) is 103 Å². The van der Waals surface area contributed by atoms with Gasteiger partial charge in [-0.1, -0.05) is 0 Å². The molecule has 30 heavy (non-hydrogen) atoms. The van der Waals surface area contributed by atoms with Gasteiger partial charge >= 0.3 is 6.18 Å². The molecule has 12 heteroatoms. The minimum absolute atomic E-state index is 0.119. The molecule has 0 aliphatic heterocycles. The van der Waals surface area contributed by atoms with Gasteiger partial charge in [-0.3, -0.25) is 9.52 Å². The van der Waals surface area contributed by atoms with Gasteiger partial charge in [0, 0.05) is 17.7 Å². The van der Waals surface area contributed by atoms with E-state index in [0.717, 1.165) is 24.3 Å². The number of hydrogen-bond donors (Lipinski definition) is 2. The van der Waals surface area contributed by atoms with Crippen LogP contribution in [0.1, 0.15) is 10.4 Å². The number of hydrogen-bond acceptors (Lipinski definition) is 6. The summed E-state index contributed by atoms with van der Waals surface area (Å²) in [5, 5.41) is 1.70. The molecule has 0 atom stereocenters. The minimum atomic E-state index is -4.55. The summed E-state index contributed by atoms with van der Waals surface area (Å²) in [4.78, 5) is 11.5. The molecule has 0 aliphatic carbocycles. The van der Waals surface area contributed by atoms with Crippen LogP contribution in [0.15, 0.2) is 41.3 Å². The van der Waals surface area contributed by atoms with Gasteiger partial charge < -0.3 is 19.5 Å². The van der Waals surface area contributed by atoms with Crippen molar-refractivity contribution in [1.82, 2.24) is 5.32 Å². The number of carbonyl (C=O) groups is 1. The highest BCUT2D eigenvalue weighted by molar-refractivity contribution is 7.92. The van der Waals surface area contributed by atoms with Crippen LogP contribution in [0.5, 0.6) is 17.2 Å². The summed E-state index contributed by atoms with van der Waals surface area (Å²) in [5.74, 6) is -0.247. The standard InChI is InChI=1S/C18H19F3N2O6S/c1-27-14-8-12(9-15(28-2)16(14)29-3)23-30(25,26)13-6-4-11(5-7-13)17(24)22-10-18(19,20)21/h4-9,23H,10H2,1-3H3,(H,22,24). The van der Waals surface area contributed by atoms with E-state index in [-0.39, 0.29) is 33.4 Å². The Bertz CT molecular complexity index is 983. The smallest absolute Gasteiger partial charge is 0.405 e. The largest absolute Gasteiger partial charge is 0.493 e. The number of anilines is 1. The third-order valence-electron chi connectivity index (χ3n) is 3.79. The number of nitrogens with one attached hydrogen (secondary N) is 2. The van der Waals surface area contributed by atoms with Crippen LogP contribution in [0, 0.1) is 0 Å². The lowest BCUT2D eigenvalue weighted by Gasteiger charge is -2.15. The Kier molecular flexibility index (Phi) is 7.03. The van der Waals surface area contributed by atoms with Crippen LogP contribution in [0.3, 0.4) is 0 Å². The fraction of sp³-hybridized carbons (Fsp3) is 0.278. The van der Waals surface area contributed by atoms with Crippen LogP contribution in [-0.2, 0) is 10.0 Å². The molecule has 0 bridgehead atoms. The van der Waals surface area contributed by atoms with Gasteiger partial charge in [0.15, 0.2) is 11.5 Å². The third kappa shape index (κ3) is 5.69. The van der Waals surface area contributed by atoms with Crippen LogP contribution in [-0.4, -0.2) is 48.4 Å². The molecule has 2 aromatic carbocycles. The average molecular weight is 448 g/mol. The fourth-order valence-electron chi connectivity index (χ4n) is 2.42. The van der Waals surface area contributed by atoms with Gasteiger partial charge in [-0.15, -0.1) is 0 Å². The number of ether oxygens (including phenoxy) is 3. The van der Waals surface area contributed by atoms with E-state index >= 15 is 0 Å². The van der Waals surface area contributed by atoms with Gasteiger partial charge in [0.25, 0.3) is 15.9 Å². The molecule has 164 valence electrons. The molecule has 0 heterocycles. The molecule has 0 spiro atoms. The molecule has 0 saturated carbocycles. The first-order chi connectivity index (χ1) is 14.0. The first-order valence-corrected chi connectivity index (χ1v) is 9.77. The van der Waals surface area contributed by atoms with E-state index in [2.05, 4.69) is 4.72 Å². The van der Waals surface area contributed by atoms with E-state index in [9.17, 15) is 26.4 Å². The molecule has 0 fully saturated rings. The zero-order valence-electron chi connectivity index (χ0n) is 16.2. The zero-order valence-corrected chi connectivity index (χ0v) is 17.0. The predicted octanol–water partition coefficient (Wildman–Crippen LogP) is 2.81. The minimum Gasteiger partial charge on any atom is -0.493 e. The second-order valence-corrected chi connectivity index (χ2v) is 7.52. The van der Waals surface area contributed by atoms with Crippen molar-refractivity contribution in [3.8, 4) is 17.2 Å². The van der Waals surface area contributed by atoms with Gasteiger partial charge in [-0.05, 0) is 24.3 Å².